The second kappa shape index (κ2) is 5.17. The number of benzene rings is 2. The van der Waals surface area contributed by atoms with Gasteiger partial charge in [-0.05, 0) is 52.0 Å². The Morgan fingerprint density at radius 3 is 2.68 bits per heavy atom. The van der Waals surface area contributed by atoms with Gasteiger partial charge in [-0.15, -0.1) is 0 Å². The first-order chi connectivity index (χ1) is 9.25. The van der Waals surface area contributed by atoms with Crippen molar-refractivity contribution in [2.75, 3.05) is 0 Å². The zero-order valence-electron chi connectivity index (χ0n) is 10.4. The standard InChI is InChI=1S/C16H14BrNO/c17-14-8-4-3-7-13(14)16(19)18-15-10-9-11-5-1-2-6-12(11)15/h1-8,15H,9-10H2,(H,18,19). The van der Waals surface area contributed by atoms with E-state index in [2.05, 4.69) is 39.4 Å². The molecule has 1 aliphatic carbocycles. The second-order valence-electron chi connectivity index (χ2n) is 4.74. The maximum absolute atomic E-state index is 12.3. The quantitative estimate of drug-likeness (QED) is 0.895. The number of hydrogen-bond acceptors (Lipinski definition) is 1. The highest BCUT2D eigenvalue weighted by Gasteiger charge is 2.24. The number of rotatable bonds is 2. The highest BCUT2D eigenvalue weighted by molar-refractivity contribution is 9.10. The van der Waals surface area contributed by atoms with Crippen molar-refractivity contribution in [1.29, 1.82) is 0 Å². The van der Waals surface area contributed by atoms with Crippen molar-refractivity contribution in [2.24, 2.45) is 0 Å². The van der Waals surface area contributed by atoms with Crippen molar-refractivity contribution in [3.8, 4) is 0 Å². The van der Waals surface area contributed by atoms with Gasteiger partial charge < -0.3 is 5.32 Å². The molecule has 0 aliphatic heterocycles. The Kier molecular flexibility index (Phi) is 3.38. The summed E-state index contributed by atoms with van der Waals surface area (Å²) in [6.07, 6.45) is 2.02. The fourth-order valence-corrected chi connectivity index (χ4v) is 3.05. The molecule has 2 nitrogen and oxygen atoms in total. The molecular weight excluding hydrogens is 302 g/mol. The average Bonchev–Trinajstić information content (AvgIpc) is 2.83. The molecule has 0 saturated carbocycles. The van der Waals surface area contributed by atoms with Crippen molar-refractivity contribution in [3.63, 3.8) is 0 Å². The number of aryl methyl sites for hydroxylation is 1. The summed E-state index contributed by atoms with van der Waals surface area (Å²) in [7, 11) is 0. The molecule has 0 fully saturated rings. The highest BCUT2D eigenvalue weighted by atomic mass is 79.9. The van der Waals surface area contributed by atoms with Crippen LogP contribution in [0.25, 0.3) is 0 Å². The lowest BCUT2D eigenvalue weighted by Gasteiger charge is -2.14. The maximum atomic E-state index is 12.3. The summed E-state index contributed by atoms with van der Waals surface area (Å²) >= 11 is 3.42. The van der Waals surface area contributed by atoms with Gasteiger partial charge in [-0.2, -0.15) is 0 Å². The van der Waals surface area contributed by atoms with Gasteiger partial charge in [-0.25, -0.2) is 0 Å². The van der Waals surface area contributed by atoms with Gasteiger partial charge in [0.15, 0.2) is 0 Å². The minimum absolute atomic E-state index is 0.0193. The molecule has 0 bridgehead atoms. The minimum atomic E-state index is -0.0193. The van der Waals surface area contributed by atoms with E-state index in [9.17, 15) is 4.79 Å². The van der Waals surface area contributed by atoms with Gasteiger partial charge in [0.25, 0.3) is 5.91 Å². The Hall–Kier alpha value is -1.61. The van der Waals surface area contributed by atoms with Gasteiger partial charge in [0, 0.05) is 4.47 Å². The lowest BCUT2D eigenvalue weighted by atomic mass is 10.1. The first-order valence-corrected chi connectivity index (χ1v) is 7.18. The van der Waals surface area contributed by atoms with Gasteiger partial charge in [-0.3, -0.25) is 4.79 Å². The Morgan fingerprint density at radius 2 is 1.84 bits per heavy atom. The summed E-state index contributed by atoms with van der Waals surface area (Å²) in [5, 5.41) is 3.12. The Morgan fingerprint density at radius 1 is 1.11 bits per heavy atom. The van der Waals surface area contributed by atoms with Crippen LogP contribution in [0.2, 0.25) is 0 Å². The van der Waals surface area contributed by atoms with Crippen LogP contribution in [0.5, 0.6) is 0 Å². The molecule has 2 aromatic rings. The van der Waals surface area contributed by atoms with Gasteiger partial charge in [0.05, 0.1) is 11.6 Å². The third-order valence-corrected chi connectivity index (χ3v) is 4.25. The van der Waals surface area contributed by atoms with E-state index in [1.54, 1.807) is 0 Å². The maximum Gasteiger partial charge on any atom is 0.252 e. The first-order valence-electron chi connectivity index (χ1n) is 6.39. The SMILES string of the molecule is O=C(NC1CCc2ccccc21)c1ccccc1Br. The fourth-order valence-electron chi connectivity index (χ4n) is 2.59. The summed E-state index contributed by atoms with van der Waals surface area (Å²) in [6, 6.07) is 16.0. The Balaban J connectivity index is 1.81. The largest absolute Gasteiger partial charge is 0.345 e. The van der Waals surface area contributed by atoms with Crippen molar-refractivity contribution in [1.82, 2.24) is 5.32 Å². The normalized spacial score (nSPS) is 17.0. The zero-order valence-corrected chi connectivity index (χ0v) is 12.0. The second-order valence-corrected chi connectivity index (χ2v) is 5.60. The molecular formula is C16H14BrNO. The van der Waals surface area contributed by atoms with Crippen molar-refractivity contribution in [2.45, 2.75) is 18.9 Å². The van der Waals surface area contributed by atoms with Crippen LogP contribution in [-0.4, -0.2) is 5.91 Å². The van der Waals surface area contributed by atoms with Crippen LogP contribution in [0, 0.1) is 0 Å². The molecule has 1 atom stereocenters. The molecule has 3 heteroatoms. The van der Waals surface area contributed by atoms with Crippen LogP contribution in [0.1, 0.15) is 33.9 Å². The fraction of sp³-hybridized carbons (Fsp3) is 0.188. The summed E-state index contributed by atoms with van der Waals surface area (Å²) in [5.74, 6) is -0.0193. The van der Waals surface area contributed by atoms with E-state index in [-0.39, 0.29) is 11.9 Å². The van der Waals surface area contributed by atoms with Gasteiger partial charge in [0.2, 0.25) is 0 Å². The molecule has 1 amide bonds. The zero-order chi connectivity index (χ0) is 13.2. The van der Waals surface area contributed by atoms with Crippen LogP contribution in [0.3, 0.4) is 0 Å². The molecule has 0 saturated heterocycles. The summed E-state index contributed by atoms with van der Waals surface area (Å²) < 4.78 is 0.832. The summed E-state index contributed by atoms with van der Waals surface area (Å²) in [4.78, 5) is 12.3. The van der Waals surface area contributed by atoms with E-state index in [1.807, 2.05) is 30.3 Å². The van der Waals surface area contributed by atoms with Crippen molar-refractivity contribution in [3.05, 3.63) is 69.7 Å². The predicted molar refractivity (Wildman–Crippen MR) is 79.1 cm³/mol. The Labute approximate surface area is 121 Å². The van der Waals surface area contributed by atoms with Crippen LogP contribution < -0.4 is 5.32 Å². The lowest BCUT2D eigenvalue weighted by Crippen LogP contribution is -2.27. The Bertz CT molecular complexity index is 624. The molecule has 0 heterocycles. The molecule has 1 N–H and O–H groups in total. The number of carbonyl (C=O) groups excluding carboxylic acids is 1. The third-order valence-electron chi connectivity index (χ3n) is 3.56. The molecule has 2 aromatic carbocycles. The van der Waals surface area contributed by atoms with Gasteiger partial charge >= 0.3 is 0 Å². The minimum Gasteiger partial charge on any atom is -0.345 e. The molecule has 1 aliphatic rings. The van der Waals surface area contributed by atoms with Crippen LogP contribution >= 0.6 is 15.9 Å². The number of hydrogen-bond donors (Lipinski definition) is 1. The van der Waals surface area contributed by atoms with Crippen molar-refractivity contribution < 1.29 is 4.79 Å². The molecule has 3 rings (SSSR count). The first kappa shape index (κ1) is 12.4. The predicted octanol–water partition coefficient (Wildman–Crippen LogP) is 3.87. The van der Waals surface area contributed by atoms with E-state index in [1.165, 1.54) is 11.1 Å². The number of carbonyl (C=O) groups is 1. The highest BCUT2D eigenvalue weighted by Crippen LogP contribution is 2.31. The average molecular weight is 316 g/mol. The molecule has 0 aromatic heterocycles. The van der Waals surface area contributed by atoms with Gasteiger partial charge in [-0.1, -0.05) is 36.4 Å². The topological polar surface area (TPSA) is 29.1 Å². The van der Waals surface area contributed by atoms with Crippen LogP contribution in [0.4, 0.5) is 0 Å². The molecule has 1 unspecified atom stereocenters. The van der Waals surface area contributed by atoms with E-state index in [0.717, 1.165) is 17.3 Å². The van der Waals surface area contributed by atoms with Crippen molar-refractivity contribution >= 4 is 21.8 Å². The molecule has 19 heavy (non-hydrogen) atoms. The van der Waals surface area contributed by atoms with E-state index < -0.39 is 0 Å². The smallest absolute Gasteiger partial charge is 0.252 e. The number of nitrogens with one attached hydrogen (secondary N) is 1. The van der Waals surface area contributed by atoms with E-state index in [0.29, 0.717) is 5.56 Å². The lowest BCUT2D eigenvalue weighted by molar-refractivity contribution is 0.0936. The monoisotopic (exact) mass is 315 g/mol. The molecule has 0 spiro atoms. The number of halogens is 1. The number of amides is 1. The molecule has 96 valence electrons. The van der Waals surface area contributed by atoms with E-state index >= 15 is 0 Å². The van der Waals surface area contributed by atoms with Crippen LogP contribution in [-0.2, 0) is 6.42 Å². The van der Waals surface area contributed by atoms with Gasteiger partial charge in [0.1, 0.15) is 0 Å². The van der Waals surface area contributed by atoms with Crippen LogP contribution in [0.15, 0.2) is 53.0 Å². The van der Waals surface area contributed by atoms with E-state index in [4.69, 9.17) is 0 Å². The third kappa shape index (κ3) is 2.43. The summed E-state index contributed by atoms with van der Waals surface area (Å²) in [5.41, 5.74) is 3.29. The number of fused-ring (bicyclic) bond motifs is 1. The summed E-state index contributed by atoms with van der Waals surface area (Å²) in [6.45, 7) is 0. The molecule has 0 radical (unpaired) electrons.